The number of allylic oxidation sites excluding steroid dienone is 2. The quantitative estimate of drug-likeness (QED) is 0.276. The Kier molecular flexibility index (Phi) is 5.87. The molecule has 0 unspecified atom stereocenters. The Morgan fingerprint density at radius 1 is 1.00 bits per heavy atom. The van der Waals surface area contributed by atoms with Crippen molar-refractivity contribution in [1.29, 1.82) is 0 Å². The molecular formula is C24H20BrNO5. The van der Waals surface area contributed by atoms with E-state index in [0.29, 0.717) is 17.7 Å². The van der Waals surface area contributed by atoms with Crippen molar-refractivity contribution in [3.05, 3.63) is 76.3 Å². The van der Waals surface area contributed by atoms with Crippen LogP contribution in [0.1, 0.15) is 34.1 Å². The SMILES string of the molecule is C[C@H]1C=CC[C@H]2C(=O)N(c3ccc(C(=O)OCC(=O)c4ccc(Br)cc4)cc3)C(=O)[C@H]12. The molecule has 1 heterocycles. The molecular weight excluding hydrogens is 462 g/mol. The summed E-state index contributed by atoms with van der Waals surface area (Å²) in [6.07, 6.45) is 4.49. The number of carbonyl (C=O) groups excluding carboxylic acids is 4. The molecule has 1 aliphatic carbocycles. The van der Waals surface area contributed by atoms with Crippen molar-refractivity contribution in [3.63, 3.8) is 0 Å². The zero-order valence-corrected chi connectivity index (χ0v) is 18.4. The monoisotopic (exact) mass is 481 g/mol. The lowest BCUT2D eigenvalue weighted by Crippen LogP contribution is -2.31. The molecule has 2 aliphatic rings. The Bertz CT molecular complexity index is 1070. The van der Waals surface area contributed by atoms with E-state index in [2.05, 4.69) is 15.9 Å². The van der Waals surface area contributed by atoms with Crippen molar-refractivity contribution in [3.8, 4) is 0 Å². The van der Waals surface area contributed by atoms with Crippen LogP contribution in [0.4, 0.5) is 5.69 Å². The lowest BCUT2D eigenvalue weighted by atomic mass is 9.78. The number of halogens is 1. The number of hydrogen-bond donors (Lipinski definition) is 0. The van der Waals surface area contributed by atoms with Crippen LogP contribution in [0, 0.1) is 17.8 Å². The molecule has 158 valence electrons. The van der Waals surface area contributed by atoms with Crippen LogP contribution in [0.5, 0.6) is 0 Å². The number of Topliss-reactive ketones (excluding diaryl/α,β-unsaturated/α-hetero) is 1. The number of nitrogens with zero attached hydrogens (tertiary/aromatic N) is 1. The summed E-state index contributed by atoms with van der Waals surface area (Å²) in [5, 5.41) is 0. The van der Waals surface area contributed by atoms with E-state index in [9.17, 15) is 19.2 Å². The predicted molar refractivity (Wildman–Crippen MR) is 118 cm³/mol. The van der Waals surface area contributed by atoms with Crippen molar-refractivity contribution >= 4 is 45.2 Å². The second-order valence-electron chi connectivity index (χ2n) is 7.72. The highest BCUT2D eigenvalue weighted by molar-refractivity contribution is 9.10. The number of hydrogen-bond acceptors (Lipinski definition) is 5. The summed E-state index contributed by atoms with van der Waals surface area (Å²) < 4.78 is 5.97. The molecule has 0 radical (unpaired) electrons. The molecule has 0 saturated carbocycles. The normalized spacial score (nSPS) is 22.4. The summed E-state index contributed by atoms with van der Waals surface area (Å²) in [6.45, 7) is 1.57. The fourth-order valence-electron chi connectivity index (χ4n) is 4.08. The molecule has 0 N–H and O–H groups in total. The van der Waals surface area contributed by atoms with Gasteiger partial charge in [-0.15, -0.1) is 0 Å². The maximum Gasteiger partial charge on any atom is 0.338 e. The van der Waals surface area contributed by atoms with Crippen molar-refractivity contribution in [2.24, 2.45) is 17.8 Å². The number of imide groups is 1. The molecule has 4 rings (SSSR count). The molecule has 0 spiro atoms. The van der Waals surface area contributed by atoms with E-state index in [1.165, 1.54) is 17.0 Å². The summed E-state index contributed by atoms with van der Waals surface area (Å²) in [5.41, 5.74) is 1.11. The number of carbonyl (C=O) groups is 4. The third-order valence-electron chi connectivity index (χ3n) is 5.73. The Labute approximate surface area is 188 Å². The summed E-state index contributed by atoms with van der Waals surface area (Å²) in [5.74, 6) is -2.03. The second-order valence-corrected chi connectivity index (χ2v) is 8.64. The molecule has 1 saturated heterocycles. The smallest absolute Gasteiger partial charge is 0.338 e. The van der Waals surface area contributed by atoms with Crippen LogP contribution in [-0.2, 0) is 14.3 Å². The lowest BCUT2D eigenvalue weighted by molar-refractivity contribution is -0.122. The molecule has 31 heavy (non-hydrogen) atoms. The van der Waals surface area contributed by atoms with E-state index in [1.54, 1.807) is 36.4 Å². The van der Waals surface area contributed by atoms with Gasteiger partial charge in [-0.25, -0.2) is 4.79 Å². The number of anilines is 1. The van der Waals surface area contributed by atoms with Gasteiger partial charge in [0, 0.05) is 10.0 Å². The number of benzene rings is 2. The van der Waals surface area contributed by atoms with Crippen LogP contribution in [0.25, 0.3) is 0 Å². The molecule has 2 aromatic rings. The number of amides is 2. The van der Waals surface area contributed by atoms with Crippen LogP contribution < -0.4 is 4.90 Å². The van der Waals surface area contributed by atoms with Crippen molar-refractivity contribution in [1.82, 2.24) is 0 Å². The van der Waals surface area contributed by atoms with Gasteiger partial charge in [0.1, 0.15) is 0 Å². The minimum Gasteiger partial charge on any atom is -0.454 e. The number of rotatable bonds is 5. The number of esters is 1. The Morgan fingerprint density at radius 2 is 1.65 bits per heavy atom. The van der Waals surface area contributed by atoms with E-state index >= 15 is 0 Å². The second kappa shape index (κ2) is 8.59. The van der Waals surface area contributed by atoms with E-state index in [1.807, 2.05) is 19.1 Å². The molecule has 2 aromatic carbocycles. The molecule has 6 nitrogen and oxygen atoms in total. The molecule has 1 aliphatic heterocycles. The van der Waals surface area contributed by atoms with E-state index in [-0.39, 0.29) is 47.5 Å². The summed E-state index contributed by atoms with van der Waals surface area (Å²) in [4.78, 5) is 51.3. The minimum absolute atomic E-state index is 0.0118. The third-order valence-corrected chi connectivity index (χ3v) is 6.26. The van der Waals surface area contributed by atoms with Gasteiger partial charge in [-0.3, -0.25) is 19.3 Å². The molecule has 7 heteroatoms. The topological polar surface area (TPSA) is 80.8 Å². The highest BCUT2D eigenvalue weighted by Gasteiger charge is 2.50. The van der Waals surface area contributed by atoms with Gasteiger partial charge in [-0.05, 0) is 48.7 Å². The number of ketones is 1. The van der Waals surface area contributed by atoms with Gasteiger partial charge in [0.2, 0.25) is 11.8 Å². The van der Waals surface area contributed by atoms with Crippen LogP contribution in [0.15, 0.2) is 65.2 Å². The Morgan fingerprint density at radius 3 is 2.29 bits per heavy atom. The van der Waals surface area contributed by atoms with Gasteiger partial charge in [0.25, 0.3) is 0 Å². The fraction of sp³-hybridized carbons (Fsp3) is 0.250. The van der Waals surface area contributed by atoms with Crippen molar-refractivity contribution in [2.45, 2.75) is 13.3 Å². The van der Waals surface area contributed by atoms with Crippen LogP contribution in [0.2, 0.25) is 0 Å². The zero-order valence-electron chi connectivity index (χ0n) is 16.8. The highest BCUT2D eigenvalue weighted by Crippen LogP contribution is 2.40. The Balaban J connectivity index is 1.41. The fourth-order valence-corrected chi connectivity index (χ4v) is 4.35. The number of fused-ring (bicyclic) bond motifs is 1. The van der Waals surface area contributed by atoms with Crippen molar-refractivity contribution in [2.75, 3.05) is 11.5 Å². The first-order chi connectivity index (χ1) is 14.9. The van der Waals surface area contributed by atoms with Crippen LogP contribution in [0.3, 0.4) is 0 Å². The van der Waals surface area contributed by atoms with Gasteiger partial charge in [0.15, 0.2) is 12.4 Å². The highest BCUT2D eigenvalue weighted by atomic mass is 79.9. The largest absolute Gasteiger partial charge is 0.454 e. The molecule has 0 bridgehead atoms. The first-order valence-electron chi connectivity index (χ1n) is 9.97. The van der Waals surface area contributed by atoms with Crippen LogP contribution in [-0.4, -0.2) is 30.2 Å². The van der Waals surface area contributed by atoms with E-state index < -0.39 is 5.97 Å². The third kappa shape index (κ3) is 4.10. The molecule has 3 atom stereocenters. The van der Waals surface area contributed by atoms with Gasteiger partial charge in [-0.2, -0.15) is 0 Å². The maximum absolute atomic E-state index is 12.9. The van der Waals surface area contributed by atoms with Crippen molar-refractivity contribution < 1.29 is 23.9 Å². The lowest BCUT2D eigenvalue weighted by Gasteiger charge is -2.22. The predicted octanol–water partition coefficient (Wildman–Crippen LogP) is 4.19. The first-order valence-corrected chi connectivity index (χ1v) is 10.8. The summed E-state index contributed by atoms with van der Waals surface area (Å²) in [6, 6.07) is 12.9. The molecule has 1 fully saturated rings. The number of ether oxygens (including phenoxy) is 1. The summed E-state index contributed by atoms with van der Waals surface area (Å²) in [7, 11) is 0. The maximum atomic E-state index is 12.9. The van der Waals surface area contributed by atoms with E-state index in [0.717, 1.165) is 4.47 Å². The Hall–Kier alpha value is -3.06. The summed E-state index contributed by atoms with van der Waals surface area (Å²) >= 11 is 3.30. The standard InChI is InChI=1S/C24H20BrNO5/c1-14-3-2-4-19-21(14)23(29)26(22(19)28)18-11-7-16(8-12-18)24(30)31-13-20(27)15-5-9-17(25)10-6-15/h2-3,5-12,14,19,21H,4,13H2,1H3/t14-,19+,21+/m0/s1. The van der Waals surface area contributed by atoms with Gasteiger partial charge in [0.05, 0.1) is 23.1 Å². The minimum atomic E-state index is -0.650. The van der Waals surface area contributed by atoms with Gasteiger partial charge >= 0.3 is 5.97 Å². The van der Waals surface area contributed by atoms with Gasteiger partial charge in [-0.1, -0.05) is 47.1 Å². The van der Waals surface area contributed by atoms with E-state index in [4.69, 9.17) is 4.74 Å². The molecule has 2 amide bonds. The van der Waals surface area contributed by atoms with Gasteiger partial charge < -0.3 is 4.74 Å². The van der Waals surface area contributed by atoms with Crippen LogP contribution >= 0.6 is 15.9 Å². The molecule has 0 aromatic heterocycles. The average Bonchev–Trinajstić information content (AvgIpc) is 3.03. The average molecular weight is 482 g/mol. The first kappa shape index (κ1) is 21.2. The zero-order chi connectivity index (χ0) is 22.1.